The molecule has 1 saturated carbocycles. The summed E-state index contributed by atoms with van der Waals surface area (Å²) < 4.78 is 5.46. The average molecular weight is 222 g/mol. The highest BCUT2D eigenvalue weighted by atomic mass is 16.4. The largest absolute Gasteiger partial charge is 0.445 e. The van der Waals surface area contributed by atoms with Gasteiger partial charge in [-0.3, -0.25) is 0 Å². The Balaban J connectivity index is 1.85. The minimum atomic E-state index is 0.621. The van der Waals surface area contributed by atoms with Crippen molar-refractivity contribution in [2.24, 2.45) is 11.8 Å². The molecule has 3 unspecified atom stereocenters. The summed E-state index contributed by atoms with van der Waals surface area (Å²) in [4.78, 5) is 4.22. The quantitative estimate of drug-likeness (QED) is 0.854. The molecule has 0 aromatic carbocycles. The minimum Gasteiger partial charge on any atom is -0.445 e. The van der Waals surface area contributed by atoms with Gasteiger partial charge in [-0.25, -0.2) is 4.98 Å². The lowest BCUT2D eigenvalue weighted by Gasteiger charge is -2.34. The second-order valence-corrected chi connectivity index (χ2v) is 5.12. The molecule has 0 radical (unpaired) electrons. The molecular weight excluding hydrogens is 200 g/mol. The number of oxazole rings is 1. The molecule has 90 valence electrons. The first-order chi connectivity index (χ1) is 7.66. The number of hydrogen-bond acceptors (Lipinski definition) is 3. The minimum absolute atomic E-state index is 0.621. The van der Waals surface area contributed by atoms with E-state index in [9.17, 15) is 0 Å². The molecule has 1 fully saturated rings. The predicted molar refractivity (Wildman–Crippen MR) is 64.0 cm³/mol. The maximum Gasteiger partial charge on any atom is 0.208 e. The van der Waals surface area contributed by atoms with Crippen molar-refractivity contribution in [1.82, 2.24) is 10.3 Å². The smallest absolute Gasteiger partial charge is 0.208 e. The Hall–Kier alpha value is -0.830. The van der Waals surface area contributed by atoms with Gasteiger partial charge < -0.3 is 9.73 Å². The van der Waals surface area contributed by atoms with Crippen LogP contribution in [0.4, 0.5) is 0 Å². The molecule has 1 N–H and O–H groups in total. The number of hydrogen-bond donors (Lipinski definition) is 1. The highest BCUT2D eigenvalue weighted by Crippen LogP contribution is 2.29. The van der Waals surface area contributed by atoms with Gasteiger partial charge in [0.05, 0.1) is 12.7 Å². The summed E-state index contributed by atoms with van der Waals surface area (Å²) in [5, 5.41) is 3.58. The van der Waals surface area contributed by atoms with Gasteiger partial charge in [0.2, 0.25) is 5.89 Å². The van der Waals surface area contributed by atoms with E-state index in [-0.39, 0.29) is 0 Å². The standard InChI is InChI=1S/C13H22N2O/c1-9-5-4-6-12(11(9)3)14-8-13-15-7-10(2)16-13/h7,9,11-12,14H,4-6,8H2,1-3H3. The summed E-state index contributed by atoms with van der Waals surface area (Å²) in [6.07, 6.45) is 5.78. The van der Waals surface area contributed by atoms with Crippen LogP contribution in [0.15, 0.2) is 10.6 Å². The van der Waals surface area contributed by atoms with Gasteiger partial charge in [0, 0.05) is 6.04 Å². The zero-order valence-electron chi connectivity index (χ0n) is 10.5. The number of nitrogens with zero attached hydrogens (tertiary/aromatic N) is 1. The first-order valence-electron chi connectivity index (χ1n) is 6.31. The fraction of sp³-hybridized carbons (Fsp3) is 0.769. The number of nitrogens with one attached hydrogen (secondary N) is 1. The number of rotatable bonds is 3. The van der Waals surface area contributed by atoms with Crippen molar-refractivity contribution >= 4 is 0 Å². The molecule has 16 heavy (non-hydrogen) atoms. The maximum absolute atomic E-state index is 5.46. The van der Waals surface area contributed by atoms with Crippen LogP contribution in [0, 0.1) is 18.8 Å². The molecule has 1 aromatic heterocycles. The molecule has 0 amide bonds. The third kappa shape index (κ3) is 2.64. The van der Waals surface area contributed by atoms with Gasteiger partial charge in [0.1, 0.15) is 5.76 Å². The summed E-state index contributed by atoms with van der Waals surface area (Å²) >= 11 is 0. The maximum atomic E-state index is 5.46. The Morgan fingerprint density at radius 3 is 2.94 bits per heavy atom. The molecule has 0 spiro atoms. The van der Waals surface area contributed by atoms with E-state index in [1.807, 2.05) is 6.92 Å². The van der Waals surface area contributed by atoms with Crippen molar-refractivity contribution in [3.63, 3.8) is 0 Å². The molecule has 3 heteroatoms. The van der Waals surface area contributed by atoms with Crippen LogP contribution in [0.25, 0.3) is 0 Å². The van der Waals surface area contributed by atoms with E-state index in [0.717, 1.165) is 30.0 Å². The van der Waals surface area contributed by atoms with Crippen LogP contribution < -0.4 is 5.32 Å². The third-order valence-corrected chi connectivity index (χ3v) is 3.89. The SMILES string of the molecule is Cc1cnc(CNC2CCCC(C)C2C)o1. The lowest BCUT2D eigenvalue weighted by Crippen LogP contribution is -2.40. The van der Waals surface area contributed by atoms with Crippen molar-refractivity contribution < 1.29 is 4.42 Å². The molecule has 2 rings (SSSR count). The van der Waals surface area contributed by atoms with E-state index < -0.39 is 0 Å². The second kappa shape index (κ2) is 5.00. The summed E-state index contributed by atoms with van der Waals surface area (Å²) in [7, 11) is 0. The Kier molecular flexibility index (Phi) is 3.64. The highest BCUT2D eigenvalue weighted by molar-refractivity contribution is 4.91. The molecular formula is C13H22N2O. The van der Waals surface area contributed by atoms with E-state index in [1.165, 1.54) is 19.3 Å². The van der Waals surface area contributed by atoms with Crippen LogP contribution in [0.2, 0.25) is 0 Å². The summed E-state index contributed by atoms with van der Waals surface area (Å²) in [5.74, 6) is 3.28. The Morgan fingerprint density at radius 2 is 2.25 bits per heavy atom. The summed E-state index contributed by atoms with van der Waals surface area (Å²) in [5.41, 5.74) is 0. The topological polar surface area (TPSA) is 38.1 Å². The van der Waals surface area contributed by atoms with Crippen LogP contribution in [-0.2, 0) is 6.54 Å². The molecule has 3 nitrogen and oxygen atoms in total. The van der Waals surface area contributed by atoms with Gasteiger partial charge >= 0.3 is 0 Å². The van der Waals surface area contributed by atoms with E-state index in [4.69, 9.17) is 4.42 Å². The van der Waals surface area contributed by atoms with Crippen molar-refractivity contribution in [3.8, 4) is 0 Å². The second-order valence-electron chi connectivity index (χ2n) is 5.12. The Labute approximate surface area is 97.6 Å². The van der Waals surface area contributed by atoms with Gasteiger partial charge in [0.25, 0.3) is 0 Å². The lowest BCUT2D eigenvalue weighted by atomic mass is 9.78. The van der Waals surface area contributed by atoms with Crippen molar-refractivity contribution in [1.29, 1.82) is 0 Å². The molecule has 3 atom stereocenters. The van der Waals surface area contributed by atoms with Gasteiger partial charge in [-0.1, -0.05) is 26.7 Å². The summed E-state index contributed by atoms with van der Waals surface area (Å²) in [6, 6.07) is 0.621. The fourth-order valence-corrected chi connectivity index (χ4v) is 2.57. The Morgan fingerprint density at radius 1 is 1.44 bits per heavy atom. The van der Waals surface area contributed by atoms with Crippen LogP contribution >= 0.6 is 0 Å². The zero-order valence-corrected chi connectivity index (χ0v) is 10.5. The first kappa shape index (κ1) is 11.6. The normalized spacial score (nSPS) is 30.6. The van der Waals surface area contributed by atoms with Gasteiger partial charge in [-0.2, -0.15) is 0 Å². The molecule has 1 heterocycles. The van der Waals surface area contributed by atoms with Crippen molar-refractivity contribution in [2.75, 3.05) is 0 Å². The Bertz CT molecular complexity index is 334. The monoisotopic (exact) mass is 222 g/mol. The molecule has 0 bridgehead atoms. The van der Waals surface area contributed by atoms with Crippen LogP contribution in [-0.4, -0.2) is 11.0 Å². The van der Waals surface area contributed by atoms with E-state index in [0.29, 0.717) is 6.04 Å². The number of aromatic nitrogens is 1. The highest BCUT2D eigenvalue weighted by Gasteiger charge is 2.26. The van der Waals surface area contributed by atoms with Gasteiger partial charge in [-0.05, 0) is 25.2 Å². The van der Waals surface area contributed by atoms with Crippen LogP contribution in [0.1, 0.15) is 44.8 Å². The van der Waals surface area contributed by atoms with E-state index in [1.54, 1.807) is 6.20 Å². The van der Waals surface area contributed by atoms with E-state index in [2.05, 4.69) is 24.1 Å². The van der Waals surface area contributed by atoms with Crippen LogP contribution in [0.5, 0.6) is 0 Å². The van der Waals surface area contributed by atoms with Crippen LogP contribution in [0.3, 0.4) is 0 Å². The molecule has 0 aliphatic heterocycles. The average Bonchev–Trinajstić information content (AvgIpc) is 2.67. The van der Waals surface area contributed by atoms with E-state index >= 15 is 0 Å². The zero-order chi connectivity index (χ0) is 11.5. The molecule has 1 aromatic rings. The molecule has 1 aliphatic carbocycles. The lowest BCUT2D eigenvalue weighted by molar-refractivity contribution is 0.202. The van der Waals surface area contributed by atoms with Crippen molar-refractivity contribution in [2.45, 2.75) is 52.6 Å². The molecule has 1 aliphatic rings. The van der Waals surface area contributed by atoms with Gasteiger partial charge in [0.15, 0.2) is 0 Å². The fourth-order valence-electron chi connectivity index (χ4n) is 2.57. The predicted octanol–water partition coefficient (Wildman–Crippen LogP) is 2.90. The van der Waals surface area contributed by atoms with Crippen molar-refractivity contribution in [3.05, 3.63) is 17.8 Å². The summed E-state index contributed by atoms with van der Waals surface area (Å²) in [6.45, 7) is 7.40. The van der Waals surface area contributed by atoms with Gasteiger partial charge in [-0.15, -0.1) is 0 Å². The third-order valence-electron chi connectivity index (χ3n) is 3.89. The number of aryl methyl sites for hydroxylation is 1. The molecule has 0 saturated heterocycles. The first-order valence-corrected chi connectivity index (χ1v) is 6.31.